The number of rotatable bonds is 7. The number of hydrogen-bond donors (Lipinski definition) is 2. The maximum Gasteiger partial charge on any atom is 0.273 e. The van der Waals surface area contributed by atoms with Crippen LogP contribution in [-0.4, -0.2) is 22.2 Å². The maximum absolute atomic E-state index is 13.9. The lowest BCUT2D eigenvalue weighted by molar-refractivity contribution is -0.123. The van der Waals surface area contributed by atoms with E-state index < -0.39 is 24.1 Å². The Hall–Kier alpha value is -3.04. The zero-order chi connectivity index (χ0) is 23.4. The Morgan fingerprint density at radius 2 is 1.91 bits per heavy atom. The smallest absolute Gasteiger partial charge is 0.273 e. The minimum atomic E-state index is -0.730. The summed E-state index contributed by atoms with van der Waals surface area (Å²) in [5.41, 5.74) is 2.57. The zero-order valence-electron chi connectivity index (χ0n) is 17.4. The highest BCUT2D eigenvalue weighted by atomic mass is 79.9. The Labute approximate surface area is 191 Å². The van der Waals surface area contributed by atoms with Crippen LogP contribution in [0, 0.1) is 25.5 Å². The first-order chi connectivity index (χ1) is 15.2. The van der Waals surface area contributed by atoms with Crippen LogP contribution in [-0.2, 0) is 17.9 Å². The van der Waals surface area contributed by atoms with Crippen LogP contribution in [0.5, 0.6) is 5.75 Å². The molecule has 0 saturated heterocycles. The van der Waals surface area contributed by atoms with E-state index in [1.165, 1.54) is 10.6 Å². The third-order valence-corrected chi connectivity index (χ3v) is 5.58. The molecule has 0 bridgehead atoms. The van der Waals surface area contributed by atoms with Gasteiger partial charge >= 0.3 is 0 Å². The van der Waals surface area contributed by atoms with Crippen LogP contribution in [0.25, 0.3) is 5.69 Å². The number of aromatic nitrogens is 1. The number of aryl methyl sites for hydroxylation is 2. The Bertz CT molecular complexity index is 1230. The molecule has 2 N–H and O–H groups in total. The molecule has 0 aliphatic carbocycles. The summed E-state index contributed by atoms with van der Waals surface area (Å²) >= 11 is 3.27. The molecule has 0 atom stereocenters. The highest BCUT2D eigenvalue weighted by Crippen LogP contribution is 2.26. The molecule has 0 radical (unpaired) electrons. The minimum absolute atomic E-state index is 0.156. The second-order valence-corrected chi connectivity index (χ2v) is 7.98. The van der Waals surface area contributed by atoms with Gasteiger partial charge < -0.3 is 15.2 Å². The van der Waals surface area contributed by atoms with E-state index in [2.05, 4.69) is 21.2 Å². The summed E-state index contributed by atoms with van der Waals surface area (Å²) in [4.78, 5) is 24.4. The van der Waals surface area contributed by atoms with Crippen molar-refractivity contribution in [3.8, 4) is 11.4 Å². The first kappa shape index (κ1) is 23.6. The van der Waals surface area contributed by atoms with Gasteiger partial charge in [-0.3, -0.25) is 14.2 Å². The van der Waals surface area contributed by atoms with Crippen molar-refractivity contribution in [3.05, 3.63) is 91.3 Å². The van der Waals surface area contributed by atoms with Crippen molar-refractivity contribution in [1.82, 2.24) is 9.88 Å². The van der Waals surface area contributed by atoms with Crippen molar-refractivity contribution in [2.45, 2.75) is 27.0 Å². The van der Waals surface area contributed by atoms with Gasteiger partial charge in [0, 0.05) is 29.9 Å². The third-order valence-electron chi connectivity index (χ3n) is 4.85. The molecule has 0 unspecified atom stereocenters. The maximum atomic E-state index is 13.9. The normalized spacial score (nSPS) is 10.8. The molecule has 168 valence electrons. The van der Waals surface area contributed by atoms with E-state index in [-0.39, 0.29) is 34.5 Å². The summed E-state index contributed by atoms with van der Waals surface area (Å²) in [7, 11) is 0. The number of nitrogens with zero attached hydrogens (tertiary/aromatic N) is 1. The van der Waals surface area contributed by atoms with E-state index in [0.29, 0.717) is 11.4 Å². The van der Waals surface area contributed by atoms with Crippen LogP contribution >= 0.6 is 15.9 Å². The van der Waals surface area contributed by atoms with Gasteiger partial charge in [-0.1, -0.05) is 12.1 Å². The fourth-order valence-electron chi connectivity index (χ4n) is 3.14. The molecular weight excluding hydrogens is 486 g/mol. The molecule has 0 aliphatic rings. The van der Waals surface area contributed by atoms with E-state index in [9.17, 15) is 18.4 Å². The topological polar surface area (TPSA) is 80.6 Å². The number of amides is 1. The highest BCUT2D eigenvalue weighted by Gasteiger charge is 2.16. The lowest BCUT2D eigenvalue weighted by Gasteiger charge is -2.17. The number of carbonyl (C=O) groups excluding carboxylic acids is 1. The molecular formula is C23H21BrF2N2O4. The predicted octanol–water partition coefficient (Wildman–Crippen LogP) is 3.68. The fraction of sp³-hybridized carbons (Fsp3) is 0.217. The number of hydrogen-bond acceptors (Lipinski definition) is 4. The van der Waals surface area contributed by atoms with Gasteiger partial charge in [-0.2, -0.15) is 0 Å². The second-order valence-electron chi connectivity index (χ2n) is 7.18. The molecule has 1 heterocycles. The van der Waals surface area contributed by atoms with Crippen molar-refractivity contribution in [2.75, 3.05) is 6.61 Å². The van der Waals surface area contributed by atoms with Crippen LogP contribution < -0.4 is 15.6 Å². The summed E-state index contributed by atoms with van der Waals surface area (Å²) in [5.74, 6) is -1.68. The average molecular weight is 507 g/mol. The monoisotopic (exact) mass is 506 g/mol. The summed E-state index contributed by atoms with van der Waals surface area (Å²) < 4.78 is 34.3. The molecule has 0 saturated carbocycles. The van der Waals surface area contributed by atoms with Gasteiger partial charge in [0.25, 0.3) is 5.56 Å². The number of pyridine rings is 1. The van der Waals surface area contributed by atoms with Crippen LogP contribution in [0.3, 0.4) is 0 Å². The van der Waals surface area contributed by atoms with Crippen LogP contribution in [0.1, 0.15) is 22.4 Å². The van der Waals surface area contributed by atoms with Gasteiger partial charge in [-0.05, 0) is 59.1 Å². The van der Waals surface area contributed by atoms with Crippen molar-refractivity contribution < 1.29 is 23.4 Å². The van der Waals surface area contributed by atoms with E-state index in [0.717, 1.165) is 23.3 Å². The lowest BCUT2D eigenvalue weighted by Crippen LogP contribution is -2.26. The van der Waals surface area contributed by atoms with Crippen molar-refractivity contribution in [2.24, 2.45) is 0 Å². The molecule has 32 heavy (non-hydrogen) atoms. The van der Waals surface area contributed by atoms with E-state index >= 15 is 0 Å². The standard InChI is InChI=1S/C23H21BrF2N2O4/c1-13-3-4-15(10-27-21(30)11-29)8-19(13)28-14(2)7-20(22(24)23(28)31)32-12-16-5-6-17(25)9-18(16)26/h3-9,29H,10-12H2,1-2H3,(H,27,30). The Balaban J connectivity index is 1.92. The van der Waals surface area contributed by atoms with Crippen LogP contribution in [0.4, 0.5) is 8.78 Å². The van der Waals surface area contributed by atoms with Crippen molar-refractivity contribution >= 4 is 21.8 Å². The van der Waals surface area contributed by atoms with Crippen molar-refractivity contribution in [1.29, 1.82) is 0 Å². The van der Waals surface area contributed by atoms with E-state index in [1.807, 2.05) is 19.1 Å². The number of halogens is 3. The van der Waals surface area contributed by atoms with Gasteiger partial charge in [0.1, 0.15) is 35.1 Å². The molecule has 6 nitrogen and oxygen atoms in total. The quantitative estimate of drug-likeness (QED) is 0.512. The Kier molecular flexibility index (Phi) is 7.42. The Morgan fingerprint density at radius 1 is 1.16 bits per heavy atom. The summed E-state index contributed by atoms with van der Waals surface area (Å²) in [6, 6.07) is 10.3. The molecule has 0 fully saturated rings. The molecule has 0 aliphatic heterocycles. The van der Waals surface area contributed by atoms with E-state index in [4.69, 9.17) is 9.84 Å². The van der Waals surface area contributed by atoms with Gasteiger partial charge in [-0.25, -0.2) is 8.78 Å². The molecule has 0 spiro atoms. The third kappa shape index (κ3) is 5.23. The summed E-state index contributed by atoms with van der Waals surface area (Å²) in [6.07, 6.45) is 0. The van der Waals surface area contributed by atoms with E-state index in [1.54, 1.807) is 19.1 Å². The van der Waals surface area contributed by atoms with Gasteiger partial charge in [0.15, 0.2) is 0 Å². The molecule has 3 rings (SSSR count). The number of nitrogens with one attached hydrogen (secondary N) is 1. The molecule has 2 aromatic carbocycles. The van der Waals surface area contributed by atoms with Gasteiger partial charge in [0.2, 0.25) is 5.91 Å². The molecule has 3 aromatic rings. The van der Waals surface area contributed by atoms with Gasteiger partial charge in [-0.15, -0.1) is 0 Å². The highest BCUT2D eigenvalue weighted by molar-refractivity contribution is 9.10. The van der Waals surface area contributed by atoms with Crippen molar-refractivity contribution in [3.63, 3.8) is 0 Å². The number of benzene rings is 2. The second kappa shape index (κ2) is 10.1. The SMILES string of the molecule is Cc1ccc(CNC(=O)CO)cc1-n1c(C)cc(OCc2ccc(F)cc2F)c(Br)c1=O. The Morgan fingerprint density at radius 3 is 2.59 bits per heavy atom. The van der Waals surface area contributed by atoms with Gasteiger partial charge in [0.05, 0.1) is 5.69 Å². The molecule has 1 amide bonds. The zero-order valence-corrected chi connectivity index (χ0v) is 19.0. The first-order valence-electron chi connectivity index (χ1n) is 9.67. The molecule has 9 heteroatoms. The summed E-state index contributed by atoms with van der Waals surface area (Å²) in [5, 5.41) is 11.4. The minimum Gasteiger partial charge on any atom is -0.487 e. The number of ether oxygens (including phenoxy) is 1. The predicted molar refractivity (Wildman–Crippen MR) is 119 cm³/mol. The fourth-order valence-corrected chi connectivity index (χ4v) is 3.55. The summed E-state index contributed by atoms with van der Waals surface area (Å²) in [6.45, 7) is 3.01. The lowest BCUT2D eigenvalue weighted by atomic mass is 10.1. The largest absolute Gasteiger partial charge is 0.487 e. The molecule has 1 aromatic heterocycles. The number of carbonyl (C=O) groups is 1. The number of aliphatic hydroxyl groups excluding tert-OH is 1. The average Bonchev–Trinajstić information content (AvgIpc) is 2.76. The number of aliphatic hydroxyl groups is 1. The van der Waals surface area contributed by atoms with Crippen LogP contribution in [0.2, 0.25) is 0 Å². The van der Waals surface area contributed by atoms with Crippen LogP contribution in [0.15, 0.2) is 51.7 Å². The first-order valence-corrected chi connectivity index (χ1v) is 10.5.